The van der Waals surface area contributed by atoms with Gasteiger partial charge in [0.25, 0.3) is 0 Å². The fraction of sp³-hybridized carbons (Fsp3) is 0.529. The van der Waals surface area contributed by atoms with Crippen LogP contribution in [0.25, 0.3) is 0 Å². The number of phenolic OH excluding ortho intramolecular Hbond substituents is 1. The second-order valence-corrected chi connectivity index (χ2v) is 7.74. The van der Waals surface area contributed by atoms with Crippen LogP contribution >= 0.6 is 23.2 Å². The van der Waals surface area contributed by atoms with Crippen molar-refractivity contribution in [3.05, 3.63) is 27.7 Å². The van der Waals surface area contributed by atoms with Crippen LogP contribution in [-0.4, -0.2) is 63.1 Å². The number of piperazine rings is 1. The summed E-state index contributed by atoms with van der Waals surface area (Å²) in [7, 11) is 0. The third-order valence-corrected chi connectivity index (χ3v) is 6.35. The van der Waals surface area contributed by atoms with Gasteiger partial charge in [-0.05, 0) is 30.9 Å². The maximum atomic E-state index is 12.8. The first-order valence-electron chi connectivity index (χ1n) is 8.34. The molecule has 3 saturated heterocycles. The first-order valence-corrected chi connectivity index (χ1v) is 9.10. The first kappa shape index (κ1) is 16.9. The molecule has 0 aromatic heterocycles. The average molecular weight is 385 g/mol. The highest BCUT2D eigenvalue weighted by molar-refractivity contribution is 6.42. The topological polar surface area (TPSA) is 81.1 Å². The second kappa shape index (κ2) is 6.04. The molecule has 0 aliphatic carbocycles. The lowest BCUT2D eigenvalue weighted by molar-refractivity contribution is -0.161. The lowest BCUT2D eigenvalue weighted by atomic mass is 9.83. The molecule has 3 aliphatic rings. The molecule has 0 radical (unpaired) electrons. The van der Waals surface area contributed by atoms with E-state index in [0.29, 0.717) is 41.4 Å². The van der Waals surface area contributed by atoms with E-state index >= 15 is 0 Å². The quantitative estimate of drug-likeness (QED) is 0.772. The highest BCUT2D eigenvalue weighted by atomic mass is 35.5. The van der Waals surface area contributed by atoms with Crippen LogP contribution in [0.1, 0.15) is 30.7 Å². The zero-order chi connectivity index (χ0) is 17.9. The molecule has 2 N–H and O–H groups in total. The zero-order valence-corrected chi connectivity index (χ0v) is 14.9. The summed E-state index contributed by atoms with van der Waals surface area (Å²) in [5.41, 5.74) is 0.539. The number of nitrogens with zero attached hydrogens (tertiary/aromatic N) is 2. The molecule has 1 aromatic carbocycles. The Hall–Kier alpha value is -1.50. The summed E-state index contributed by atoms with van der Waals surface area (Å²) in [6.45, 7) is 0.621. The van der Waals surface area contributed by atoms with Crippen molar-refractivity contribution in [2.75, 3.05) is 13.1 Å². The molecule has 4 rings (SSSR count). The number of piperidine rings is 1. The second-order valence-electron chi connectivity index (χ2n) is 6.96. The molecule has 8 heteroatoms. The number of carbonyl (C=O) groups is 2. The number of carbonyl (C=O) groups excluding carboxylic acids is 2. The van der Waals surface area contributed by atoms with Gasteiger partial charge in [-0.25, -0.2) is 0 Å². The Morgan fingerprint density at radius 1 is 1.04 bits per heavy atom. The number of halogens is 2. The molecule has 0 unspecified atom stereocenters. The Labute approximate surface area is 154 Å². The average Bonchev–Trinajstić information content (AvgIpc) is 2.98. The third kappa shape index (κ3) is 2.58. The molecule has 0 saturated carbocycles. The lowest BCUT2D eigenvalue weighted by Crippen LogP contribution is -2.64. The number of fused-ring (bicyclic) bond motifs is 2. The number of aromatic hydroxyl groups is 1. The van der Waals surface area contributed by atoms with Crippen LogP contribution in [0.5, 0.6) is 5.75 Å². The number of hydrogen-bond acceptors (Lipinski definition) is 4. The van der Waals surface area contributed by atoms with Crippen LogP contribution in [0, 0.1) is 0 Å². The summed E-state index contributed by atoms with van der Waals surface area (Å²) in [4.78, 5) is 28.6. The molecular formula is C17H18Cl2N2O4. The summed E-state index contributed by atoms with van der Waals surface area (Å²) >= 11 is 12.4. The Morgan fingerprint density at radius 2 is 1.72 bits per heavy atom. The summed E-state index contributed by atoms with van der Waals surface area (Å²) < 4.78 is 0. The number of phenols is 1. The van der Waals surface area contributed by atoms with Gasteiger partial charge in [-0.2, -0.15) is 0 Å². The molecule has 134 valence electrons. The minimum atomic E-state index is -0.651. The van der Waals surface area contributed by atoms with Crippen molar-refractivity contribution in [1.29, 1.82) is 0 Å². The fourth-order valence-electron chi connectivity index (χ4n) is 4.34. The first-order chi connectivity index (χ1) is 11.9. The molecular weight excluding hydrogens is 367 g/mol. The van der Waals surface area contributed by atoms with Gasteiger partial charge in [0.1, 0.15) is 17.8 Å². The van der Waals surface area contributed by atoms with E-state index in [2.05, 4.69) is 0 Å². The van der Waals surface area contributed by atoms with E-state index in [9.17, 15) is 19.8 Å². The van der Waals surface area contributed by atoms with Gasteiger partial charge in [0.05, 0.1) is 16.1 Å². The number of benzene rings is 1. The summed E-state index contributed by atoms with van der Waals surface area (Å²) in [5.74, 6) is -0.338. The smallest absolute Gasteiger partial charge is 0.246 e. The van der Waals surface area contributed by atoms with Crippen molar-refractivity contribution in [3.8, 4) is 5.75 Å². The van der Waals surface area contributed by atoms with E-state index in [-0.39, 0.29) is 30.0 Å². The van der Waals surface area contributed by atoms with Crippen LogP contribution in [0.15, 0.2) is 12.1 Å². The van der Waals surface area contributed by atoms with Gasteiger partial charge in [-0.3, -0.25) is 9.59 Å². The van der Waals surface area contributed by atoms with Crippen LogP contribution in [-0.2, 0) is 9.59 Å². The van der Waals surface area contributed by atoms with E-state index in [4.69, 9.17) is 23.2 Å². The van der Waals surface area contributed by atoms with Gasteiger partial charge >= 0.3 is 0 Å². The van der Waals surface area contributed by atoms with Gasteiger partial charge in [0, 0.05) is 25.1 Å². The molecule has 25 heavy (non-hydrogen) atoms. The maximum Gasteiger partial charge on any atom is 0.246 e. The number of aliphatic hydroxyl groups excluding tert-OH is 1. The Balaban J connectivity index is 1.64. The highest BCUT2D eigenvalue weighted by Crippen LogP contribution is 2.44. The molecule has 3 heterocycles. The van der Waals surface area contributed by atoms with Crippen molar-refractivity contribution in [3.63, 3.8) is 0 Å². The van der Waals surface area contributed by atoms with E-state index in [0.717, 1.165) is 0 Å². The molecule has 0 spiro atoms. The van der Waals surface area contributed by atoms with E-state index < -0.39 is 18.2 Å². The molecule has 3 aliphatic heterocycles. The van der Waals surface area contributed by atoms with Gasteiger partial charge < -0.3 is 20.0 Å². The fourth-order valence-corrected chi connectivity index (χ4v) is 4.82. The van der Waals surface area contributed by atoms with Gasteiger partial charge in [0.15, 0.2) is 0 Å². The number of aliphatic hydroxyl groups is 1. The van der Waals surface area contributed by atoms with Crippen molar-refractivity contribution >= 4 is 35.0 Å². The van der Waals surface area contributed by atoms with E-state index in [1.54, 1.807) is 4.90 Å². The predicted octanol–water partition coefficient (Wildman–Crippen LogP) is 1.75. The minimum Gasteiger partial charge on any atom is -0.508 e. The Kier molecular flexibility index (Phi) is 4.09. The standard InChI is InChI=1S/C17H18Cl2N2O4/c18-10-1-2-13(23)14(15(10)19)8-3-4-20-11(5-8)17(25)21-7-9(22)6-12(21)16(20)24/h1-2,8-9,11-12,22-23H,3-7H2/t8-,9+,11+,12-/m1/s1. The normalized spacial score (nSPS) is 32.0. The summed E-state index contributed by atoms with van der Waals surface area (Å²) in [6, 6.07) is 1.90. The monoisotopic (exact) mass is 384 g/mol. The van der Waals surface area contributed by atoms with Gasteiger partial charge in [0.2, 0.25) is 11.8 Å². The largest absolute Gasteiger partial charge is 0.508 e. The molecule has 4 atom stereocenters. The van der Waals surface area contributed by atoms with E-state index in [1.807, 2.05) is 0 Å². The molecule has 1 aromatic rings. The highest BCUT2D eigenvalue weighted by Gasteiger charge is 2.52. The lowest BCUT2D eigenvalue weighted by Gasteiger charge is -2.46. The molecule has 6 nitrogen and oxygen atoms in total. The SMILES string of the molecule is O=C1[C@@H]2C[C@H](c3c(O)ccc(Cl)c3Cl)CCN2C(=O)[C@H]2C[C@H](O)CN12. The minimum absolute atomic E-state index is 0.0527. The molecule has 2 amide bonds. The Morgan fingerprint density at radius 3 is 2.48 bits per heavy atom. The van der Waals surface area contributed by atoms with E-state index in [1.165, 1.54) is 17.0 Å². The van der Waals surface area contributed by atoms with Crippen molar-refractivity contribution in [1.82, 2.24) is 9.80 Å². The third-order valence-electron chi connectivity index (χ3n) is 5.54. The number of rotatable bonds is 1. The zero-order valence-electron chi connectivity index (χ0n) is 13.4. The van der Waals surface area contributed by atoms with Crippen molar-refractivity contribution in [2.24, 2.45) is 0 Å². The number of hydrogen-bond donors (Lipinski definition) is 2. The van der Waals surface area contributed by atoms with Crippen LogP contribution in [0.2, 0.25) is 10.0 Å². The number of amides is 2. The van der Waals surface area contributed by atoms with Gasteiger partial charge in [-0.15, -0.1) is 0 Å². The summed E-state index contributed by atoms with van der Waals surface area (Å²) in [5, 5.41) is 20.7. The van der Waals surface area contributed by atoms with Crippen molar-refractivity contribution in [2.45, 2.75) is 43.4 Å². The molecule has 3 fully saturated rings. The maximum absolute atomic E-state index is 12.8. The molecule has 0 bridgehead atoms. The Bertz CT molecular complexity index is 756. The predicted molar refractivity (Wildman–Crippen MR) is 91.7 cm³/mol. The van der Waals surface area contributed by atoms with Crippen LogP contribution in [0.3, 0.4) is 0 Å². The van der Waals surface area contributed by atoms with Gasteiger partial charge in [-0.1, -0.05) is 23.2 Å². The van der Waals surface area contributed by atoms with Crippen LogP contribution in [0.4, 0.5) is 0 Å². The van der Waals surface area contributed by atoms with Crippen LogP contribution < -0.4 is 0 Å². The van der Waals surface area contributed by atoms with Crippen molar-refractivity contribution < 1.29 is 19.8 Å². The summed E-state index contributed by atoms with van der Waals surface area (Å²) in [6.07, 6.45) is 0.634.